The van der Waals surface area contributed by atoms with E-state index in [4.69, 9.17) is 5.11 Å². The van der Waals surface area contributed by atoms with E-state index < -0.39 is 30.1 Å². The van der Waals surface area contributed by atoms with Gasteiger partial charge < -0.3 is 10.4 Å². The Morgan fingerprint density at radius 2 is 1.81 bits per heavy atom. The molecule has 1 aliphatic carbocycles. The highest BCUT2D eigenvalue weighted by atomic mass is 19.4. The van der Waals surface area contributed by atoms with Crippen LogP contribution in [0.15, 0.2) is 30.3 Å². The van der Waals surface area contributed by atoms with Crippen molar-refractivity contribution in [1.29, 1.82) is 0 Å². The van der Waals surface area contributed by atoms with Crippen LogP contribution in [0.5, 0.6) is 0 Å². The zero-order valence-electron chi connectivity index (χ0n) is 11.5. The second kappa shape index (κ2) is 6.05. The molecule has 1 atom stereocenters. The smallest absolute Gasteiger partial charge is 0.382 e. The summed E-state index contributed by atoms with van der Waals surface area (Å²) in [6.45, 7) is -0.809. The summed E-state index contributed by atoms with van der Waals surface area (Å²) in [6.07, 6.45) is -4.29. The zero-order valence-corrected chi connectivity index (χ0v) is 11.5. The molecule has 1 saturated carbocycles. The highest BCUT2D eigenvalue weighted by Crippen LogP contribution is 2.41. The quantitative estimate of drug-likeness (QED) is 0.898. The molecule has 1 fully saturated rings. The van der Waals surface area contributed by atoms with Crippen molar-refractivity contribution in [2.75, 3.05) is 6.54 Å². The Balaban J connectivity index is 2.11. The maximum absolute atomic E-state index is 12.4. The van der Waals surface area contributed by atoms with Gasteiger partial charge in [0.2, 0.25) is 5.91 Å². The summed E-state index contributed by atoms with van der Waals surface area (Å²) in [7, 11) is 0. The van der Waals surface area contributed by atoms with E-state index in [2.05, 4.69) is 5.32 Å². The molecule has 0 bridgehead atoms. The third-order valence-corrected chi connectivity index (χ3v) is 4.05. The number of carbonyl (C=O) groups is 1. The molecule has 0 radical (unpaired) electrons. The minimum atomic E-state index is -4.72. The molecule has 3 nitrogen and oxygen atoms in total. The van der Waals surface area contributed by atoms with Gasteiger partial charge in [0.05, 0.1) is 12.0 Å². The molecule has 0 aliphatic heterocycles. The number of aliphatic hydroxyl groups excluding tert-OH is 1. The van der Waals surface area contributed by atoms with E-state index in [-0.39, 0.29) is 0 Å². The van der Waals surface area contributed by atoms with Crippen LogP contribution in [0.25, 0.3) is 0 Å². The van der Waals surface area contributed by atoms with Crippen LogP contribution in [0.4, 0.5) is 13.2 Å². The monoisotopic (exact) mass is 301 g/mol. The van der Waals surface area contributed by atoms with Crippen molar-refractivity contribution in [1.82, 2.24) is 5.32 Å². The standard InChI is InChI=1S/C15H18F3NO2/c16-15(17,18)12(20)10-19-13(21)14(8-4-5-9-14)11-6-2-1-3-7-11/h1-3,6-7,12,20H,4-5,8-10H2,(H,19,21). The minimum absolute atomic E-state index is 0.436. The van der Waals surface area contributed by atoms with Crippen molar-refractivity contribution in [3.63, 3.8) is 0 Å². The predicted octanol–water partition coefficient (Wildman–Crippen LogP) is 2.54. The van der Waals surface area contributed by atoms with Gasteiger partial charge >= 0.3 is 6.18 Å². The average Bonchev–Trinajstić information content (AvgIpc) is 2.95. The molecule has 0 aromatic heterocycles. The molecule has 0 heterocycles. The Hall–Kier alpha value is -1.56. The van der Waals surface area contributed by atoms with Gasteiger partial charge in [-0.3, -0.25) is 4.79 Å². The van der Waals surface area contributed by atoms with Gasteiger partial charge in [-0.05, 0) is 18.4 Å². The average molecular weight is 301 g/mol. The number of hydrogen-bond donors (Lipinski definition) is 2. The number of carbonyl (C=O) groups excluding carboxylic acids is 1. The fourth-order valence-electron chi connectivity index (χ4n) is 2.86. The molecule has 21 heavy (non-hydrogen) atoms. The lowest BCUT2D eigenvalue weighted by Crippen LogP contribution is -2.47. The molecule has 1 aromatic rings. The summed E-state index contributed by atoms with van der Waals surface area (Å²) in [5.74, 6) is -0.436. The van der Waals surface area contributed by atoms with Crippen LogP contribution in [0.3, 0.4) is 0 Å². The van der Waals surface area contributed by atoms with Crippen LogP contribution in [-0.2, 0) is 10.2 Å². The van der Waals surface area contributed by atoms with Crippen LogP contribution in [0, 0.1) is 0 Å². The van der Waals surface area contributed by atoms with Crippen molar-refractivity contribution < 1.29 is 23.1 Å². The SMILES string of the molecule is O=C(NCC(O)C(F)(F)F)C1(c2ccccc2)CCCC1. The Morgan fingerprint density at radius 1 is 1.24 bits per heavy atom. The minimum Gasteiger partial charge on any atom is -0.382 e. The number of nitrogens with one attached hydrogen (secondary N) is 1. The maximum atomic E-state index is 12.4. The summed E-state index contributed by atoms with van der Waals surface area (Å²) in [6, 6.07) is 9.11. The first-order chi connectivity index (χ1) is 9.86. The summed E-state index contributed by atoms with van der Waals surface area (Å²) in [4.78, 5) is 12.4. The van der Waals surface area contributed by atoms with E-state index in [0.717, 1.165) is 18.4 Å². The number of alkyl halides is 3. The molecular weight excluding hydrogens is 283 g/mol. The van der Waals surface area contributed by atoms with Crippen LogP contribution < -0.4 is 5.32 Å². The van der Waals surface area contributed by atoms with E-state index in [1.165, 1.54) is 0 Å². The van der Waals surface area contributed by atoms with E-state index in [1.807, 2.05) is 30.3 Å². The highest BCUT2D eigenvalue weighted by molar-refractivity contribution is 5.88. The van der Waals surface area contributed by atoms with E-state index in [1.54, 1.807) is 0 Å². The lowest BCUT2D eigenvalue weighted by atomic mass is 9.78. The molecule has 6 heteroatoms. The van der Waals surface area contributed by atoms with Gasteiger partial charge in [0.15, 0.2) is 6.10 Å². The molecule has 1 amide bonds. The fraction of sp³-hybridized carbons (Fsp3) is 0.533. The summed E-state index contributed by atoms with van der Waals surface area (Å²) in [5.41, 5.74) is 0.0496. The number of amides is 1. The van der Waals surface area contributed by atoms with Gasteiger partial charge in [-0.1, -0.05) is 43.2 Å². The maximum Gasteiger partial charge on any atom is 0.416 e. The number of aliphatic hydroxyl groups is 1. The predicted molar refractivity (Wildman–Crippen MR) is 71.7 cm³/mol. The molecule has 1 unspecified atom stereocenters. The van der Waals surface area contributed by atoms with Crippen LogP contribution in [-0.4, -0.2) is 29.8 Å². The van der Waals surface area contributed by atoms with Crippen molar-refractivity contribution in [3.05, 3.63) is 35.9 Å². The molecule has 0 spiro atoms. The van der Waals surface area contributed by atoms with Crippen LogP contribution in [0.1, 0.15) is 31.2 Å². The molecule has 1 aromatic carbocycles. The Labute approximate surface area is 121 Å². The first kappa shape index (κ1) is 15.8. The normalized spacial score (nSPS) is 19.2. The topological polar surface area (TPSA) is 49.3 Å². The number of rotatable bonds is 4. The summed E-state index contributed by atoms with van der Waals surface area (Å²) < 4.78 is 36.9. The fourth-order valence-corrected chi connectivity index (χ4v) is 2.86. The third kappa shape index (κ3) is 3.37. The first-order valence-electron chi connectivity index (χ1n) is 6.95. The molecule has 0 saturated heterocycles. The van der Waals surface area contributed by atoms with Gasteiger partial charge in [0, 0.05) is 0 Å². The van der Waals surface area contributed by atoms with Crippen molar-refractivity contribution in [3.8, 4) is 0 Å². The number of hydrogen-bond acceptors (Lipinski definition) is 2. The number of benzene rings is 1. The van der Waals surface area contributed by atoms with E-state index >= 15 is 0 Å². The lowest BCUT2D eigenvalue weighted by molar-refractivity contribution is -0.202. The van der Waals surface area contributed by atoms with Crippen LogP contribution in [0.2, 0.25) is 0 Å². The van der Waals surface area contributed by atoms with E-state index in [0.29, 0.717) is 12.8 Å². The lowest BCUT2D eigenvalue weighted by Gasteiger charge is -2.29. The van der Waals surface area contributed by atoms with Gasteiger partial charge in [0.25, 0.3) is 0 Å². The molecule has 1 aliphatic rings. The second-order valence-corrected chi connectivity index (χ2v) is 5.42. The van der Waals surface area contributed by atoms with Gasteiger partial charge in [-0.2, -0.15) is 13.2 Å². The van der Waals surface area contributed by atoms with Gasteiger partial charge in [0.1, 0.15) is 0 Å². The Morgan fingerprint density at radius 3 is 2.33 bits per heavy atom. The summed E-state index contributed by atoms with van der Waals surface area (Å²) >= 11 is 0. The molecule has 116 valence electrons. The molecular formula is C15H18F3NO2. The van der Waals surface area contributed by atoms with Crippen molar-refractivity contribution >= 4 is 5.91 Å². The summed E-state index contributed by atoms with van der Waals surface area (Å²) in [5, 5.41) is 11.3. The first-order valence-corrected chi connectivity index (χ1v) is 6.95. The van der Waals surface area contributed by atoms with E-state index in [9.17, 15) is 18.0 Å². The van der Waals surface area contributed by atoms with Gasteiger partial charge in [-0.15, -0.1) is 0 Å². The Kier molecular flexibility index (Phi) is 4.56. The van der Waals surface area contributed by atoms with Crippen LogP contribution >= 0.6 is 0 Å². The number of halogens is 3. The van der Waals surface area contributed by atoms with Crippen molar-refractivity contribution in [2.45, 2.75) is 43.4 Å². The highest BCUT2D eigenvalue weighted by Gasteiger charge is 2.44. The largest absolute Gasteiger partial charge is 0.416 e. The third-order valence-electron chi connectivity index (χ3n) is 4.05. The Bertz CT molecular complexity index is 481. The molecule has 2 rings (SSSR count). The van der Waals surface area contributed by atoms with Gasteiger partial charge in [-0.25, -0.2) is 0 Å². The second-order valence-electron chi connectivity index (χ2n) is 5.42. The molecule has 2 N–H and O–H groups in total. The zero-order chi connectivity index (χ0) is 15.5. The van der Waals surface area contributed by atoms with Crippen molar-refractivity contribution in [2.24, 2.45) is 0 Å².